The molecule has 0 aliphatic rings. The van der Waals surface area contributed by atoms with Crippen molar-refractivity contribution >= 4 is 51.1 Å². The Labute approximate surface area is 196 Å². The van der Waals surface area contributed by atoms with Gasteiger partial charge in [0.2, 0.25) is 4.96 Å². The van der Waals surface area contributed by atoms with E-state index in [0.29, 0.717) is 27.1 Å². The summed E-state index contributed by atoms with van der Waals surface area (Å²) >= 11 is 13.8. The normalized spacial score (nSPS) is 11.2. The molecule has 3 aromatic heterocycles. The molecule has 1 N–H and O–H groups in total. The van der Waals surface area contributed by atoms with Crippen molar-refractivity contribution in [3.8, 4) is 21.9 Å². The zero-order valence-corrected chi connectivity index (χ0v) is 19.0. The van der Waals surface area contributed by atoms with Gasteiger partial charge in [0.05, 0.1) is 10.0 Å². The number of aryl methyl sites for hydroxylation is 1. The molecule has 5 rings (SSSR count). The molecule has 160 valence electrons. The van der Waals surface area contributed by atoms with Gasteiger partial charge in [0.1, 0.15) is 10.8 Å². The Hall–Kier alpha value is -3.20. The van der Waals surface area contributed by atoms with Gasteiger partial charge in [0.25, 0.3) is 5.91 Å². The number of anilines is 1. The van der Waals surface area contributed by atoms with E-state index in [1.807, 2.05) is 25.1 Å². The Morgan fingerprint density at radius 1 is 1.12 bits per heavy atom. The molecule has 0 saturated heterocycles. The summed E-state index contributed by atoms with van der Waals surface area (Å²) in [6.45, 7) is 2.01. The fourth-order valence-electron chi connectivity index (χ4n) is 3.22. The number of amides is 1. The molecule has 0 unspecified atom stereocenters. The Bertz CT molecular complexity index is 1460. The fraction of sp³-hybridized carbons (Fsp3) is 0.0909. The first kappa shape index (κ1) is 20.7. The van der Waals surface area contributed by atoms with Gasteiger partial charge in [0, 0.05) is 23.2 Å². The maximum absolute atomic E-state index is 12.7. The summed E-state index contributed by atoms with van der Waals surface area (Å²) in [4.78, 5) is 13.5. The minimum absolute atomic E-state index is 0.160. The number of fused-ring (bicyclic) bond motifs is 1. The van der Waals surface area contributed by atoms with E-state index in [9.17, 15) is 4.79 Å². The molecule has 0 radical (unpaired) electrons. The molecule has 1 amide bonds. The minimum Gasteiger partial charge on any atom is -0.451 e. The molecule has 32 heavy (non-hydrogen) atoms. The van der Waals surface area contributed by atoms with Crippen molar-refractivity contribution in [3.63, 3.8) is 0 Å². The summed E-state index contributed by atoms with van der Waals surface area (Å²) in [5, 5.41) is 17.3. The molecule has 0 bridgehead atoms. The van der Waals surface area contributed by atoms with E-state index in [1.165, 1.54) is 11.3 Å². The molecule has 2 aromatic carbocycles. The molecular formula is C22H15Cl2N5O2S. The SMILES string of the molecule is CCc1nnc2sc(-c3cccc(NC(=O)c4ccc(-c5cccc(Cl)c5Cl)o4)c3)nn12. The first-order valence-electron chi connectivity index (χ1n) is 9.70. The number of hydrogen-bond donors (Lipinski definition) is 1. The van der Waals surface area contributed by atoms with Crippen molar-refractivity contribution in [1.82, 2.24) is 19.8 Å². The Kier molecular flexibility index (Phi) is 5.42. The predicted octanol–water partition coefficient (Wildman–Crippen LogP) is 6.23. The Morgan fingerprint density at radius 3 is 2.81 bits per heavy atom. The highest BCUT2D eigenvalue weighted by Crippen LogP contribution is 2.34. The second kappa shape index (κ2) is 8.38. The van der Waals surface area contributed by atoms with Gasteiger partial charge in [-0.25, -0.2) is 0 Å². The molecule has 0 saturated carbocycles. The molecule has 5 aromatic rings. The molecule has 0 spiro atoms. The first-order valence-corrected chi connectivity index (χ1v) is 11.3. The van der Waals surface area contributed by atoms with Crippen molar-refractivity contribution in [1.29, 1.82) is 0 Å². The van der Waals surface area contributed by atoms with Crippen LogP contribution < -0.4 is 5.32 Å². The number of nitrogens with one attached hydrogen (secondary N) is 1. The van der Waals surface area contributed by atoms with Crippen molar-refractivity contribution in [3.05, 3.63) is 76.2 Å². The smallest absolute Gasteiger partial charge is 0.291 e. The topological polar surface area (TPSA) is 85.3 Å². The highest BCUT2D eigenvalue weighted by Gasteiger charge is 2.16. The average molecular weight is 484 g/mol. The zero-order chi connectivity index (χ0) is 22.2. The maximum atomic E-state index is 12.7. The number of furan rings is 1. The highest BCUT2D eigenvalue weighted by atomic mass is 35.5. The van der Waals surface area contributed by atoms with Crippen LogP contribution in [-0.4, -0.2) is 25.7 Å². The van der Waals surface area contributed by atoms with Gasteiger partial charge in [0.15, 0.2) is 11.6 Å². The molecule has 0 fully saturated rings. The number of hydrogen-bond acceptors (Lipinski definition) is 6. The monoisotopic (exact) mass is 483 g/mol. The third-order valence-electron chi connectivity index (χ3n) is 4.79. The lowest BCUT2D eigenvalue weighted by molar-refractivity contribution is 0.0997. The summed E-state index contributed by atoms with van der Waals surface area (Å²) < 4.78 is 7.47. The van der Waals surface area contributed by atoms with Crippen LogP contribution in [0.15, 0.2) is 59.0 Å². The first-order chi connectivity index (χ1) is 15.5. The number of aromatic nitrogens is 4. The second-order valence-electron chi connectivity index (χ2n) is 6.87. The van der Waals surface area contributed by atoms with E-state index in [-0.39, 0.29) is 11.7 Å². The van der Waals surface area contributed by atoms with E-state index in [2.05, 4.69) is 20.6 Å². The molecule has 7 nitrogen and oxygen atoms in total. The van der Waals surface area contributed by atoms with Crippen molar-refractivity contribution in [2.24, 2.45) is 0 Å². The summed E-state index contributed by atoms with van der Waals surface area (Å²) in [5.74, 6) is 1.05. The van der Waals surface area contributed by atoms with E-state index >= 15 is 0 Å². The van der Waals surface area contributed by atoms with E-state index in [1.54, 1.807) is 40.9 Å². The van der Waals surface area contributed by atoms with Crippen LogP contribution in [0.3, 0.4) is 0 Å². The van der Waals surface area contributed by atoms with Gasteiger partial charge in [-0.05, 0) is 36.4 Å². The number of rotatable bonds is 5. The van der Waals surface area contributed by atoms with Gasteiger partial charge in [-0.1, -0.05) is 59.7 Å². The van der Waals surface area contributed by atoms with E-state index in [4.69, 9.17) is 27.6 Å². The van der Waals surface area contributed by atoms with Crippen molar-refractivity contribution < 1.29 is 9.21 Å². The number of nitrogens with zero attached hydrogens (tertiary/aromatic N) is 4. The number of carbonyl (C=O) groups excluding carboxylic acids is 1. The fourth-order valence-corrected chi connectivity index (χ4v) is 4.46. The third-order valence-corrected chi connectivity index (χ3v) is 6.55. The predicted molar refractivity (Wildman–Crippen MR) is 126 cm³/mol. The van der Waals surface area contributed by atoms with Crippen LogP contribution >= 0.6 is 34.5 Å². The van der Waals surface area contributed by atoms with Crippen LogP contribution in [0.2, 0.25) is 10.0 Å². The van der Waals surface area contributed by atoms with Gasteiger partial charge < -0.3 is 9.73 Å². The lowest BCUT2D eigenvalue weighted by Gasteiger charge is -2.05. The largest absolute Gasteiger partial charge is 0.451 e. The average Bonchev–Trinajstić information content (AvgIpc) is 3.52. The lowest BCUT2D eigenvalue weighted by Crippen LogP contribution is -2.10. The number of benzene rings is 2. The van der Waals surface area contributed by atoms with Crippen LogP contribution in [0, 0.1) is 0 Å². The standard InChI is InChI=1S/C22H15Cl2N5O2S/c1-2-18-26-27-22-29(18)28-21(32-22)12-5-3-6-13(11-12)25-20(30)17-10-9-16(31-17)14-7-4-8-15(23)19(14)24/h3-11H,2H2,1H3,(H,25,30). The summed E-state index contributed by atoms with van der Waals surface area (Å²) in [6, 6.07) is 16.0. The molecule has 0 aliphatic carbocycles. The van der Waals surface area contributed by atoms with Crippen LogP contribution in [0.5, 0.6) is 0 Å². The van der Waals surface area contributed by atoms with Gasteiger partial charge in [-0.3, -0.25) is 4.79 Å². The Morgan fingerprint density at radius 2 is 1.97 bits per heavy atom. The highest BCUT2D eigenvalue weighted by molar-refractivity contribution is 7.19. The molecule has 10 heteroatoms. The van der Waals surface area contributed by atoms with Gasteiger partial charge in [-0.15, -0.1) is 10.2 Å². The summed E-state index contributed by atoms with van der Waals surface area (Å²) in [7, 11) is 0. The molecule has 0 atom stereocenters. The molecular weight excluding hydrogens is 469 g/mol. The molecule has 0 aliphatic heterocycles. The van der Waals surface area contributed by atoms with Crippen LogP contribution in [0.4, 0.5) is 5.69 Å². The second-order valence-corrected chi connectivity index (χ2v) is 8.61. The van der Waals surface area contributed by atoms with Gasteiger partial charge in [-0.2, -0.15) is 9.61 Å². The van der Waals surface area contributed by atoms with E-state index in [0.717, 1.165) is 27.8 Å². The number of halogens is 2. The van der Waals surface area contributed by atoms with Crippen LogP contribution in [0.25, 0.3) is 26.9 Å². The van der Waals surface area contributed by atoms with Crippen LogP contribution in [-0.2, 0) is 6.42 Å². The summed E-state index contributed by atoms with van der Waals surface area (Å²) in [6.07, 6.45) is 0.742. The summed E-state index contributed by atoms with van der Waals surface area (Å²) in [5.41, 5.74) is 2.11. The van der Waals surface area contributed by atoms with E-state index < -0.39 is 0 Å². The molecule has 3 heterocycles. The quantitative estimate of drug-likeness (QED) is 0.320. The lowest BCUT2D eigenvalue weighted by atomic mass is 10.2. The van der Waals surface area contributed by atoms with Gasteiger partial charge >= 0.3 is 0 Å². The zero-order valence-electron chi connectivity index (χ0n) is 16.7. The minimum atomic E-state index is -0.377. The van der Waals surface area contributed by atoms with Crippen LogP contribution in [0.1, 0.15) is 23.3 Å². The Balaban J connectivity index is 1.38. The third kappa shape index (κ3) is 3.77. The van der Waals surface area contributed by atoms with Crippen molar-refractivity contribution in [2.45, 2.75) is 13.3 Å². The van der Waals surface area contributed by atoms with Crippen molar-refractivity contribution in [2.75, 3.05) is 5.32 Å². The number of carbonyl (C=O) groups is 1. The maximum Gasteiger partial charge on any atom is 0.291 e.